The van der Waals surface area contributed by atoms with Gasteiger partial charge >= 0.3 is 0 Å². The molecule has 0 amide bonds. The predicted molar refractivity (Wildman–Crippen MR) is 69.8 cm³/mol. The number of aryl methyl sites for hydroxylation is 1. The van der Waals surface area contributed by atoms with Gasteiger partial charge in [-0.15, -0.1) is 0 Å². The van der Waals surface area contributed by atoms with E-state index in [4.69, 9.17) is 0 Å². The zero-order chi connectivity index (χ0) is 13.0. The van der Waals surface area contributed by atoms with Crippen LogP contribution in [0.5, 0.6) is 0 Å². The number of halogens is 1. The highest BCUT2D eigenvalue weighted by Crippen LogP contribution is 2.18. The van der Waals surface area contributed by atoms with Crippen LogP contribution in [-0.4, -0.2) is 16.5 Å². The number of aromatic amines is 1. The third-order valence-corrected chi connectivity index (χ3v) is 3.03. The molecular weight excluding hydrogens is 229 g/mol. The molecule has 0 radical (unpaired) electrons. The minimum absolute atomic E-state index is 0.133. The summed E-state index contributed by atoms with van der Waals surface area (Å²) in [6.07, 6.45) is 4.36. The molecule has 18 heavy (non-hydrogen) atoms. The number of H-pyrrole nitrogens is 1. The van der Waals surface area contributed by atoms with Crippen LogP contribution in [0.25, 0.3) is 0 Å². The maximum atomic E-state index is 13.1. The Morgan fingerprint density at radius 2 is 2.28 bits per heavy atom. The highest BCUT2D eigenvalue weighted by atomic mass is 19.1. The zero-order valence-corrected chi connectivity index (χ0v) is 10.7. The second-order valence-electron chi connectivity index (χ2n) is 4.36. The Morgan fingerprint density at radius 3 is 2.89 bits per heavy atom. The monoisotopic (exact) mass is 247 g/mol. The van der Waals surface area contributed by atoms with Gasteiger partial charge < -0.3 is 10.3 Å². The molecule has 0 saturated heterocycles. The van der Waals surface area contributed by atoms with E-state index in [2.05, 4.69) is 22.2 Å². The molecule has 1 aromatic heterocycles. The average molecular weight is 247 g/mol. The lowest BCUT2D eigenvalue weighted by atomic mass is 10.0. The van der Waals surface area contributed by atoms with Gasteiger partial charge in [0.2, 0.25) is 0 Å². The summed E-state index contributed by atoms with van der Waals surface area (Å²) in [5.74, 6) is 0.731. The van der Waals surface area contributed by atoms with Gasteiger partial charge in [-0.3, -0.25) is 0 Å². The van der Waals surface area contributed by atoms with E-state index in [0.29, 0.717) is 0 Å². The van der Waals surface area contributed by atoms with Crippen molar-refractivity contribution in [2.75, 3.05) is 6.54 Å². The molecule has 0 aliphatic rings. The minimum atomic E-state index is -0.186. The lowest BCUT2D eigenvalue weighted by molar-refractivity contribution is 0.524. The third-order valence-electron chi connectivity index (χ3n) is 3.03. The second-order valence-corrected chi connectivity index (χ2v) is 4.36. The van der Waals surface area contributed by atoms with E-state index in [1.54, 1.807) is 12.3 Å². The van der Waals surface area contributed by atoms with Crippen molar-refractivity contribution in [2.24, 2.45) is 0 Å². The van der Waals surface area contributed by atoms with Gasteiger partial charge in [-0.2, -0.15) is 0 Å². The normalized spacial score (nSPS) is 12.6. The first-order valence-electron chi connectivity index (χ1n) is 6.18. The third kappa shape index (κ3) is 2.96. The number of nitrogens with zero attached hydrogens (tertiary/aromatic N) is 1. The summed E-state index contributed by atoms with van der Waals surface area (Å²) >= 11 is 0. The number of nitrogens with one attached hydrogen (secondary N) is 2. The molecule has 2 N–H and O–H groups in total. The van der Waals surface area contributed by atoms with Gasteiger partial charge in [0, 0.05) is 12.4 Å². The van der Waals surface area contributed by atoms with Gasteiger partial charge in [0.25, 0.3) is 0 Å². The predicted octanol–water partition coefficient (Wildman–Crippen LogP) is 2.75. The van der Waals surface area contributed by atoms with E-state index in [9.17, 15) is 4.39 Å². The summed E-state index contributed by atoms with van der Waals surface area (Å²) in [7, 11) is 0. The lowest BCUT2D eigenvalue weighted by Crippen LogP contribution is -2.24. The molecule has 0 spiro atoms. The van der Waals surface area contributed by atoms with Crippen LogP contribution in [0, 0.1) is 12.7 Å². The number of hydrogen-bond acceptors (Lipinski definition) is 2. The molecule has 1 unspecified atom stereocenters. The molecule has 96 valence electrons. The Bertz CT molecular complexity index is 494. The Hall–Kier alpha value is -1.68. The fourth-order valence-corrected chi connectivity index (χ4v) is 2.09. The maximum absolute atomic E-state index is 13.1. The van der Waals surface area contributed by atoms with Crippen molar-refractivity contribution in [2.45, 2.75) is 26.3 Å². The molecule has 1 atom stereocenters. The topological polar surface area (TPSA) is 40.7 Å². The summed E-state index contributed by atoms with van der Waals surface area (Å²) in [6.45, 7) is 4.86. The molecule has 0 saturated carbocycles. The van der Waals surface area contributed by atoms with Crippen LogP contribution in [0.3, 0.4) is 0 Å². The molecule has 4 heteroatoms. The number of rotatable bonds is 5. The molecule has 2 rings (SSSR count). The summed E-state index contributed by atoms with van der Waals surface area (Å²) in [5.41, 5.74) is 2.11. The summed E-state index contributed by atoms with van der Waals surface area (Å²) in [4.78, 5) is 7.41. The quantitative estimate of drug-likeness (QED) is 0.853. The van der Waals surface area contributed by atoms with Gasteiger partial charge in [-0.05, 0) is 43.1 Å². The van der Waals surface area contributed by atoms with Crippen LogP contribution in [0.1, 0.15) is 29.9 Å². The van der Waals surface area contributed by atoms with Crippen molar-refractivity contribution in [3.63, 3.8) is 0 Å². The minimum Gasteiger partial charge on any atom is -0.347 e. The van der Waals surface area contributed by atoms with E-state index in [-0.39, 0.29) is 11.9 Å². The van der Waals surface area contributed by atoms with Crippen LogP contribution in [0.15, 0.2) is 30.6 Å². The van der Waals surface area contributed by atoms with Crippen LogP contribution >= 0.6 is 0 Å². The molecule has 3 nitrogen and oxygen atoms in total. The van der Waals surface area contributed by atoms with E-state index in [0.717, 1.165) is 29.9 Å². The van der Waals surface area contributed by atoms with Crippen molar-refractivity contribution in [3.05, 3.63) is 53.4 Å². The van der Waals surface area contributed by atoms with Gasteiger partial charge in [0.1, 0.15) is 11.6 Å². The average Bonchev–Trinajstić information content (AvgIpc) is 2.85. The van der Waals surface area contributed by atoms with E-state index >= 15 is 0 Å². The standard InChI is InChI=1S/C14H18FN3/c1-3-16-13(14-17-6-7-18-14)9-11-4-5-12(15)8-10(11)2/h4-8,13,16H,3,9H2,1-2H3,(H,17,18). The SMILES string of the molecule is CCNC(Cc1ccc(F)cc1C)c1ncc[nH]1. The highest BCUT2D eigenvalue weighted by Gasteiger charge is 2.14. The molecule has 0 aliphatic carbocycles. The van der Waals surface area contributed by atoms with E-state index in [1.165, 1.54) is 6.07 Å². The maximum Gasteiger partial charge on any atom is 0.123 e. The van der Waals surface area contributed by atoms with E-state index < -0.39 is 0 Å². The number of aromatic nitrogens is 2. The summed E-state index contributed by atoms with van der Waals surface area (Å²) in [5, 5.41) is 3.39. The first-order valence-corrected chi connectivity index (χ1v) is 6.18. The van der Waals surface area contributed by atoms with Gasteiger partial charge in [0.15, 0.2) is 0 Å². The zero-order valence-electron chi connectivity index (χ0n) is 10.7. The Labute approximate surface area is 106 Å². The second kappa shape index (κ2) is 5.78. The molecule has 0 bridgehead atoms. The molecule has 1 aromatic carbocycles. The number of benzene rings is 1. The molecule has 0 aliphatic heterocycles. The van der Waals surface area contributed by atoms with Crippen molar-refractivity contribution in [1.82, 2.24) is 15.3 Å². The van der Waals surface area contributed by atoms with Crippen molar-refractivity contribution in [3.8, 4) is 0 Å². The largest absolute Gasteiger partial charge is 0.347 e. The highest BCUT2D eigenvalue weighted by molar-refractivity contribution is 5.28. The van der Waals surface area contributed by atoms with Crippen molar-refractivity contribution in [1.29, 1.82) is 0 Å². The van der Waals surface area contributed by atoms with Crippen LogP contribution < -0.4 is 5.32 Å². The summed E-state index contributed by atoms with van der Waals surface area (Å²) in [6, 6.07) is 5.06. The molecule has 1 heterocycles. The van der Waals surface area contributed by atoms with Gasteiger partial charge in [-0.25, -0.2) is 9.37 Å². The number of imidazole rings is 1. The Balaban J connectivity index is 2.18. The molecule has 2 aromatic rings. The first kappa shape index (κ1) is 12.8. The van der Waals surface area contributed by atoms with Crippen LogP contribution in [-0.2, 0) is 6.42 Å². The Kier molecular flexibility index (Phi) is 4.10. The summed E-state index contributed by atoms with van der Waals surface area (Å²) < 4.78 is 13.1. The fourth-order valence-electron chi connectivity index (χ4n) is 2.09. The first-order chi connectivity index (χ1) is 8.70. The Morgan fingerprint density at radius 1 is 1.44 bits per heavy atom. The smallest absolute Gasteiger partial charge is 0.123 e. The van der Waals surface area contributed by atoms with E-state index in [1.807, 2.05) is 19.2 Å². The molecular formula is C14H18FN3. The van der Waals surface area contributed by atoms with Crippen LogP contribution in [0.2, 0.25) is 0 Å². The van der Waals surface area contributed by atoms with Gasteiger partial charge in [-0.1, -0.05) is 13.0 Å². The fraction of sp³-hybridized carbons (Fsp3) is 0.357. The van der Waals surface area contributed by atoms with Crippen molar-refractivity contribution >= 4 is 0 Å². The number of hydrogen-bond donors (Lipinski definition) is 2. The van der Waals surface area contributed by atoms with Gasteiger partial charge in [0.05, 0.1) is 6.04 Å². The number of likely N-dealkylation sites (N-methyl/N-ethyl adjacent to an activating group) is 1. The van der Waals surface area contributed by atoms with Crippen LogP contribution in [0.4, 0.5) is 4.39 Å². The lowest BCUT2D eigenvalue weighted by Gasteiger charge is -2.17. The molecule has 0 fully saturated rings. The van der Waals surface area contributed by atoms with Crippen molar-refractivity contribution < 1.29 is 4.39 Å².